The first-order valence-corrected chi connectivity index (χ1v) is 24.0. The highest BCUT2D eigenvalue weighted by Crippen LogP contribution is 2.41. The summed E-state index contributed by atoms with van der Waals surface area (Å²) in [5.74, 6) is 2.39. The lowest BCUT2D eigenvalue weighted by Gasteiger charge is -2.36. The molecule has 0 aliphatic carbocycles. The summed E-state index contributed by atoms with van der Waals surface area (Å²) in [6.45, 7) is 21.9. The zero-order valence-electron chi connectivity index (χ0n) is 42.5. The van der Waals surface area contributed by atoms with Crippen molar-refractivity contribution in [1.82, 2.24) is 50.4 Å². The maximum absolute atomic E-state index is 12.5. The van der Waals surface area contributed by atoms with Crippen molar-refractivity contribution in [2.45, 2.75) is 131 Å². The summed E-state index contributed by atoms with van der Waals surface area (Å²) in [7, 11) is 3.82. The van der Waals surface area contributed by atoms with Crippen molar-refractivity contribution in [3.8, 4) is 22.3 Å². The van der Waals surface area contributed by atoms with E-state index in [1.165, 1.54) is 0 Å². The molecule has 6 aromatic rings. The summed E-state index contributed by atoms with van der Waals surface area (Å²) in [4.78, 5) is 44.5. The lowest BCUT2D eigenvalue weighted by atomic mass is 9.72. The van der Waals surface area contributed by atoms with E-state index in [4.69, 9.17) is 35.2 Å². The summed E-state index contributed by atoms with van der Waals surface area (Å²) in [5, 5.41) is 12.2. The van der Waals surface area contributed by atoms with Crippen LogP contribution in [0.4, 0.5) is 28.7 Å². The second kappa shape index (κ2) is 24.3. The molecule has 2 aromatic carbocycles. The summed E-state index contributed by atoms with van der Waals surface area (Å²) < 4.78 is 17.0. The molecule has 4 aromatic heterocycles. The molecule has 18 nitrogen and oxygen atoms in total. The minimum absolute atomic E-state index is 0. The van der Waals surface area contributed by atoms with Crippen LogP contribution < -0.4 is 26.6 Å². The SMILES string of the molecule is C.C.CC(C)C(C)(c1ccc(-c2cnc(N)nc2)cc1)c1noc(N2CCC(N(C)C(=O)OC(C)(C)C)CC2)n1.CNC1CCN(c2nc(C(C)(c3ccc(-c4cnc(N)nc4)cc3)C(C)C)no2)CC1.Cl. The minimum Gasteiger partial charge on any atom is -0.444 e. The van der Waals surface area contributed by atoms with Crippen molar-refractivity contribution in [2.75, 3.05) is 61.5 Å². The number of anilines is 4. The maximum atomic E-state index is 12.5. The molecule has 8 rings (SSSR count). The molecule has 2 atom stereocenters. The van der Waals surface area contributed by atoms with E-state index in [1.807, 2.05) is 27.8 Å². The van der Waals surface area contributed by atoms with Crippen LogP contribution in [-0.2, 0) is 15.6 Å². The molecule has 0 bridgehead atoms. The second-order valence-electron chi connectivity index (χ2n) is 20.2. The van der Waals surface area contributed by atoms with E-state index in [0.717, 1.165) is 91.1 Å². The number of halogens is 1. The molecule has 5 N–H and O–H groups in total. The fourth-order valence-corrected chi connectivity index (χ4v) is 8.83. The smallest absolute Gasteiger partial charge is 0.410 e. The van der Waals surface area contributed by atoms with Crippen LogP contribution in [-0.4, -0.2) is 109 Å². The Morgan fingerprint density at radius 2 is 1.01 bits per heavy atom. The maximum Gasteiger partial charge on any atom is 0.410 e. The van der Waals surface area contributed by atoms with Gasteiger partial charge in [-0.1, -0.05) is 101 Å². The van der Waals surface area contributed by atoms with Gasteiger partial charge in [-0.2, -0.15) is 9.97 Å². The van der Waals surface area contributed by atoms with Crippen molar-refractivity contribution < 1.29 is 18.6 Å². The molecule has 72 heavy (non-hydrogen) atoms. The molecule has 2 aliphatic heterocycles. The predicted octanol–water partition coefficient (Wildman–Crippen LogP) is 9.86. The first kappa shape index (κ1) is 58.2. The third-order valence-electron chi connectivity index (χ3n) is 14.2. The van der Waals surface area contributed by atoms with E-state index < -0.39 is 11.0 Å². The van der Waals surface area contributed by atoms with Crippen molar-refractivity contribution in [3.05, 3.63) is 96.1 Å². The van der Waals surface area contributed by atoms with E-state index >= 15 is 0 Å². The van der Waals surface area contributed by atoms with Gasteiger partial charge in [-0.3, -0.25) is 0 Å². The predicted molar refractivity (Wildman–Crippen MR) is 289 cm³/mol. The Morgan fingerprint density at radius 1 is 0.653 bits per heavy atom. The van der Waals surface area contributed by atoms with Crippen molar-refractivity contribution in [2.24, 2.45) is 11.8 Å². The number of piperidine rings is 2. The monoisotopic (exact) mass is 1010 g/mol. The normalized spacial score (nSPS) is 16.0. The number of carbonyl (C=O) groups is 1. The molecule has 0 spiro atoms. The van der Waals surface area contributed by atoms with Crippen LogP contribution in [0.5, 0.6) is 0 Å². The summed E-state index contributed by atoms with van der Waals surface area (Å²) in [5.41, 5.74) is 16.0. The number of nitrogens with one attached hydrogen (secondary N) is 1. The van der Waals surface area contributed by atoms with Crippen LogP contribution >= 0.6 is 12.4 Å². The van der Waals surface area contributed by atoms with Gasteiger partial charge in [0.05, 0.1) is 10.8 Å². The number of rotatable bonds is 12. The van der Waals surface area contributed by atoms with Gasteiger partial charge in [-0.05, 0) is 101 Å². The minimum atomic E-state index is -0.514. The van der Waals surface area contributed by atoms with Gasteiger partial charge >= 0.3 is 18.1 Å². The van der Waals surface area contributed by atoms with Gasteiger partial charge in [-0.15, -0.1) is 12.4 Å². The van der Waals surface area contributed by atoms with Crippen LogP contribution in [0.25, 0.3) is 22.3 Å². The number of aromatic nitrogens is 8. The van der Waals surface area contributed by atoms with E-state index in [-0.39, 0.29) is 68.5 Å². The van der Waals surface area contributed by atoms with E-state index in [2.05, 4.69) is 135 Å². The first-order valence-electron chi connectivity index (χ1n) is 24.0. The molecule has 0 saturated carbocycles. The number of benzene rings is 2. The van der Waals surface area contributed by atoms with Gasteiger partial charge in [0.1, 0.15) is 5.60 Å². The van der Waals surface area contributed by atoms with Crippen LogP contribution in [0.2, 0.25) is 0 Å². The van der Waals surface area contributed by atoms with E-state index in [1.54, 1.807) is 36.7 Å². The lowest BCUT2D eigenvalue weighted by Crippen LogP contribution is -2.47. The quantitative estimate of drug-likeness (QED) is 0.104. The van der Waals surface area contributed by atoms with E-state index in [9.17, 15) is 4.79 Å². The summed E-state index contributed by atoms with van der Waals surface area (Å²) in [6.07, 6.45) is 10.4. The Morgan fingerprint density at radius 3 is 1.35 bits per heavy atom. The average molecular weight is 1010 g/mol. The second-order valence-corrected chi connectivity index (χ2v) is 20.2. The number of carbonyl (C=O) groups excluding carboxylic acids is 1. The Bertz CT molecular complexity index is 2590. The zero-order valence-corrected chi connectivity index (χ0v) is 43.3. The van der Waals surface area contributed by atoms with Gasteiger partial charge in [0.2, 0.25) is 11.9 Å². The lowest BCUT2D eigenvalue weighted by molar-refractivity contribution is 0.0200. The molecule has 2 aliphatic rings. The largest absolute Gasteiger partial charge is 0.444 e. The molecular formula is C53H79ClN14O4. The Kier molecular flexibility index (Phi) is 19.7. The molecular weight excluding hydrogens is 932 g/mol. The number of amides is 1. The Balaban J connectivity index is 0.000000305. The van der Waals surface area contributed by atoms with Crippen LogP contribution in [0.1, 0.15) is 126 Å². The molecule has 1 amide bonds. The highest BCUT2D eigenvalue weighted by Gasteiger charge is 2.40. The van der Waals surface area contributed by atoms with Gasteiger partial charge < -0.3 is 45.3 Å². The Labute approximate surface area is 432 Å². The first-order chi connectivity index (χ1) is 32.8. The van der Waals surface area contributed by atoms with Crippen LogP contribution in [0.15, 0.2) is 82.4 Å². The fraction of sp³-hybridized carbons (Fsp3) is 0.528. The zero-order chi connectivity index (χ0) is 49.7. The molecule has 19 heteroatoms. The van der Waals surface area contributed by atoms with Crippen molar-refractivity contribution >= 4 is 42.4 Å². The number of hydrogen-bond acceptors (Lipinski definition) is 17. The highest BCUT2D eigenvalue weighted by molar-refractivity contribution is 5.85. The topological polar surface area (TPSA) is 229 Å². The van der Waals surface area contributed by atoms with Crippen molar-refractivity contribution in [3.63, 3.8) is 0 Å². The fourth-order valence-electron chi connectivity index (χ4n) is 8.83. The van der Waals surface area contributed by atoms with Gasteiger partial charge in [0.25, 0.3) is 0 Å². The number of ether oxygens (including phenoxy) is 1. The van der Waals surface area contributed by atoms with Crippen LogP contribution in [0.3, 0.4) is 0 Å². The number of nitrogens with zero attached hydrogens (tertiary/aromatic N) is 11. The van der Waals surface area contributed by atoms with Gasteiger partial charge in [0, 0.05) is 81.2 Å². The number of nitrogen functional groups attached to an aromatic ring is 2. The van der Waals surface area contributed by atoms with Gasteiger partial charge in [0.15, 0.2) is 11.6 Å². The summed E-state index contributed by atoms with van der Waals surface area (Å²) in [6, 6.07) is 18.5. The standard InChI is InChI=1S/C28H39N7O3.C23H31N7O.2CH4.ClH/c1-18(2)28(6,21-10-8-19(9-11-21)20-16-30-24(29)31-17-20)23-32-25(38-33-23)35-14-12-22(13-15-35)34(7)26(36)37-27(3,4)5;1-15(2)23(3,18-7-5-16(6-8-18)17-13-26-21(24)27-14-17)20-28-22(31-29-20)30-11-9-19(25-4)10-12-30;;;/h8-11,16-18,22H,12-15H2,1-7H3,(H2,29,30,31);5-8,13-15,19,25H,9-12H2,1-4H3,(H2,24,26,27);2*1H4;1H. The number of hydrogen-bond donors (Lipinski definition) is 3. The van der Waals surface area contributed by atoms with Gasteiger partial charge in [-0.25, -0.2) is 24.7 Å². The molecule has 2 unspecified atom stereocenters. The summed E-state index contributed by atoms with van der Waals surface area (Å²) >= 11 is 0. The molecule has 2 fully saturated rings. The third-order valence-corrected chi connectivity index (χ3v) is 14.2. The molecule has 392 valence electrons. The van der Waals surface area contributed by atoms with Crippen LogP contribution in [0, 0.1) is 11.8 Å². The average Bonchev–Trinajstić information content (AvgIpc) is 4.06. The molecule has 6 heterocycles. The van der Waals surface area contributed by atoms with E-state index in [0.29, 0.717) is 23.9 Å². The number of nitrogens with two attached hydrogens (primary N) is 2. The van der Waals surface area contributed by atoms with Crippen molar-refractivity contribution in [1.29, 1.82) is 0 Å². The molecule has 2 saturated heterocycles. The third kappa shape index (κ3) is 13.0. The highest BCUT2D eigenvalue weighted by atomic mass is 35.5. The Hall–Kier alpha value is -6.40. The molecule has 0 radical (unpaired) electrons.